The van der Waals surface area contributed by atoms with Crippen LogP contribution in [0.4, 0.5) is 11.4 Å². The minimum absolute atomic E-state index is 0.149. The van der Waals surface area contributed by atoms with Gasteiger partial charge in [0, 0.05) is 31.7 Å². The molecule has 1 aliphatic heterocycles. The number of ether oxygens (including phenoxy) is 1. The Bertz CT molecular complexity index is 1130. The van der Waals surface area contributed by atoms with Crippen LogP contribution >= 0.6 is 0 Å². The average molecular weight is 489 g/mol. The lowest BCUT2D eigenvalue weighted by atomic mass is 10.2. The molecule has 34 heavy (non-hydrogen) atoms. The number of hydrogen-bond acceptors (Lipinski definition) is 6. The molecular formula is C24H32N4O5S. The minimum atomic E-state index is -3.66. The Kier molecular flexibility index (Phi) is 8.51. The quantitative estimate of drug-likeness (QED) is 0.530. The highest BCUT2D eigenvalue weighted by molar-refractivity contribution is 7.89. The smallest absolute Gasteiger partial charge is 0.262 e. The van der Waals surface area contributed by atoms with Gasteiger partial charge in [-0.25, -0.2) is 8.42 Å². The summed E-state index contributed by atoms with van der Waals surface area (Å²) in [7, 11) is -3.66. The topological polar surface area (TPSA) is 122 Å². The monoisotopic (exact) mass is 488 g/mol. The Labute approximate surface area is 200 Å². The molecule has 1 heterocycles. The maximum absolute atomic E-state index is 13.2. The van der Waals surface area contributed by atoms with Crippen LogP contribution in [0.25, 0.3) is 0 Å². The van der Waals surface area contributed by atoms with Gasteiger partial charge in [-0.3, -0.25) is 9.59 Å². The van der Waals surface area contributed by atoms with E-state index in [0.29, 0.717) is 37.6 Å². The van der Waals surface area contributed by atoms with E-state index >= 15 is 0 Å². The summed E-state index contributed by atoms with van der Waals surface area (Å²) in [5.74, 6) is -0.715. The van der Waals surface area contributed by atoms with Gasteiger partial charge in [-0.15, -0.1) is 0 Å². The van der Waals surface area contributed by atoms with Gasteiger partial charge in [-0.05, 0) is 63.1 Å². The third-order valence-electron chi connectivity index (χ3n) is 5.79. The van der Waals surface area contributed by atoms with Crippen LogP contribution < -0.4 is 20.7 Å². The Morgan fingerprint density at radius 1 is 1.06 bits per heavy atom. The molecule has 0 radical (unpaired) electrons. The summed E-state index contributed by atoms with van der Waals surface area (Å²) < 4.78 is 33.4. The number of anilines is 2. The maximum Gasteiger partial charge on any atom is 0.262 e. The summed E-state index contributed by atoms with van der Waals surface area (Å²) in [5, 5.41) is 2.80. The van der Waals surface area contributed by atoms with E-state index in [4.69, 9.17) is 10.5 Å². The SMILES string of the molecule is CCN(CC)c1ccc(S(=O)(=O)N2CCCCC2)cc1NC(=O)COc1cccc(C(N)=O)c1. The van der Waals surface area contributed by atoms with E-state index in [2.05, 4.69) is 5.32 Å². The number of rotatable bonds is 10. The maximum atomic E-state index is 13.2. The first-order chi connectivity index (χ1) is 16.3. The number of sulfonamides is 1. The van der Waals surface area contributed by atoms with Gasteiger partial charge in [-0.1, -0.05) is 12.5 Å². The second kappa shape index (κ2) is 11.3. The molecule has 1 fully saturated rings. The van der Waals surface area contributed by atoms with Crippen molar-refractivity contribution in [2.24, 2.45) is 5.73 Å². The normalized spacial score (nSPS) is 14.4. The standard InChI is InChI=1S/C24H32N4O5S/c1-3-27(4-2)22-12-11-20(34(31,32)28-13-6-5-7-14-28)16-21(22)26-23(29)17-33-19-10-8-9-18(15-19)24(25)30/h8-12,15-16H,3-7,13-14,17H2,1-2H3,(H2,25,30)(H,26,29). The number of hydrogen-bond donors (Lipinski definition) is 2. The molecule has 3 N–H and O–H groups in total. The molecule has 0 spiro atoms. The van der Waals surface area contributed by atoms with Gasteiger partial charge in [-0.2, -0.15) is 4.31 Å². The van der Waals surface area contributed by atoms with Gasteiger partial charge in [0.15, 0.2) is 6.61 Å². The molecule has 1 saturated heterocycles. The average Bonchev–Trinajstić information content (AvgIpc) is 2.85. The molecule has 2 aromatic rings. The van der Waals surface area contributed by atoms with E-state index < -0.39 is 21.8 Å². The van der Waals surface area contributed by atoms with Crippen molar-refractivity contribution < 1.29 is 22.7 Å². The van der Waals surface area contributed by atoms with Crippen LogP contribution in [0.3, 0.4) is 0 Å². The lowest BCUT2D eigenvalue weighted by molar-refractivity contribution is -0.118. The number of nitrogens with zero attached hydrogens (tertiary/aromatic N) is 2. The fourth-order valence-corrected chi connectivity index (χ4v) is 5.49. The Morgan fingerprint density at radius 2 is 1.76 bits per heavy atom. The van der Waals surface area contributed by atoms with Crippen LogP contribution in [0.2, 0.25) is 0 Å². The Balaban J connectivity index is 1.82. The third kappa shape index (κ3) is 6.06. The number of benzene rings is 2. The molecule has 0 unspecified atom stereocenters. The second-order valence-corrected chi connectivity index (χ2v) is 9.98. The van der Waals surface area contributed by atoms with Crippen LogP contribution in [0.15, 0.2) is 47.4 Å². The molecule has 0 aromatic heterocycles. The summed E-state index contributed by atoms with van der Waals surface area (Å²) in [4.78, 5) is 26.2. The van der Waals surface area contributed by atoms with E-state index in [1.54, 1.807) is 30.3 Å². The van der Waals surface area contributed by atoms with Crippen molar-refractivity contribution >= 4 is 33.2 Å². The molecule has 1 aliphatic rings. The first kappa shape index (κ1) is 25.5. The number of nitrogens with one attached hydrogen (secondary N) is 1. The van der Waals surface area contributed by atoms with Crippen molar-refractivity contribution in [3.63, 3.8) is 0 Å². The number of carbonyl (C=O) groups is 2. The summed E-state index contributed by atoms with van der Waals surface area (Å²) >= 11 is 0. The first-order valence-electron chi connectivity index (χ1n) is 11.5. The van der Waals surface area contributed by atoms with Crippen molar-refractivity contribution in [1.29, 1.82) is 0 Å². The fraction of sp³-hybridized carbons (Fsp3) is 0.417. The summed E-state index contributed by atoms with van der Waals surface area (Å²) in [6.07, 6.45) is 2.71. The number of nitrogens with two attached hydrogens (primary N) is 1. The first-order valence-corrected chi connectivity index (χ1v) is 12.9. The second-order valence-electron chi connectivity index (χ2n) is 8.04. The summed E-state index contributed by atoms with van der Waals surface area (Å²) in [6.45, 7) is 6.04. The fourth-order valence-electron chi connectivity index (χ4n) is 3.94. The van der Waals surface area contributed by atoms with E-state index in [1.165, 1.54) is 16.4 Å². The van der Waals surface area contributed by atoms with Crippen LogP contribution in [-0.4, -0.2) is 57.3 Å². The largest absolute Gasteiger partial charge is 0.484 e. The number of primary amides is 1. The number of carbonyl (C=O) groups excluding carboxylic acids is 2. The van der Waals surface area contributed by atoms with E-state index in [0.717, 1.165) is 24.9 Å². The molecule has 3 rings (SSSR count). The Morgan fingerprint density at radius 3 is 2.41 bits per heavy atom. The van der Waals surface area contributed by atoms with Crippen molar-refractivity contribution in [2.45, 2.75) is 38.0 Å². The van der Waals surface area contributed by atoms with Crippen molar-refractivity contribution in [3.8, 4) is 5.75 Å². The van der Waals surface area contributed by atoms with Gasteiger partial charge < -0.3 is 20.7 Å². The molecular weight excluding hydrogens is 456 g/mol. The van der Waals surface area contributed by atoms with Gasteiger partial charge in [0.1, 0.15) is 5.75 Å². The van der Waals surface area contributed by atoms with Gasteiger partial charge >= 0.3 is 0 Å². The number of piperidine rings is 1. The van der Waals surface area contributed by atoms with Crippen LogP contribution in [0, 0.1) is 0 Å². The molecule has 9 nitrogen and oxygen atoms in total. The predicted molar refractivity (Wildman–Crippen MR) is 132 cm³/mol. The summed E-state index contributed by atoms with van der Waals surface area (Å²) in [5.41, 5.74) is 6.69. The molecule has 2 amide bonds. The molecule has 0 atom stereocenters. The zero-order chi connectivity index (χ0) is 24.7. The van der Waals surface area contributed by atoms with Crippen molar-refractivity contribution in [2.75, 3.05) is 43.0 Å². The highest BCUT2D eigenvalue weighted by Crippen LogP contribution is 2.31. The van der Waals surface area contributed by atoms with Gasteiger partial charge in [0.2, 0.25) is 15.9 Å². The highest BCUT2D eigenvalue weighted by atomic mass is 32.2. The molecule has 0 bridgehead atoms. The van der Waals surface area contributed by atoms with Crippen molar-refractivity contribution in [3.05, 3.63) is 48.0 Å². The highest BCUT2D eigenvalue weighted by Gasteiger charge is 2.27. The van der Waals surface area contributed by atoms with Gasteiger partial charge in [0.05, 0.1) is 16.3 Å². The molecule has 0 saturated carbocycles. The van der Waals surface area contributed by atoms with Gasteiger partial charge in [0.25, 0.3) is 5.91 Å². The summed E-state index contributed by atoms with van der Waals surface area (Å²) in [6, 6.07) is 11.1. The third-order valence-corrected chi connectivity index (χ3v) is 7.68. The lowest BCUT2D eigenvalue weighted by Crippen LogP contribution is -2.35. The van der Waals surface area contributed by atoms with Crippen LogP contribution in [0.5, 0.6) is 5.75 Å². The van der Waals surface area contributed by atoms with Crippen LogP contribution in [0.1, 0.15) is 43.5 Å². The number of amides is 2. The molecule has 0 aliphatic carbocycles. The van der Waals surface area contributed by atoms with Crippen molar-refractivity contribution in [1.82, 2.24) is 4.31 Å². The van der Waals surface area contributed by atoms with Crippen LogP contribution in [-0.2, 0) is 14.8 Å². The van der Waals surface area contributed by atoms with E-state index in [9.17, 15) is 18.0 Å². The predicted octanol–water partition coefficient (Wildman–Crippen LogP) is 2.82. The molecule has 2 aromatic carbocycles. The lowest BCUT2D eigenvalue weighted by Gasteiger charge is -2.28. The zero-order valence-electron chi connectivity index (χ0n) is 19.6. The zero-order valence-corrected chi connectivity index (χ0v) is 20.4. The molecule has 184 valence electrons. The van der Waals surface area contributed by atoms with E-state index in [-0.39, 0.29) is 17.1 Å². The van der Waals surface area contributed by atoms with E-state index in [1.807, 2.05) is 18.7 Å². The molecule has 10 heteroatoms. The minimum Gasteiger partial charge on any atom is -0.484 e. The Hall–Kier alpha value is -3.11.